The minimum absolute atomic E-state index is 0.375. The minimum atomic E-state index is 0.375. The molecule has 2 rings (SSSR count). The molecule has 1 N–H and O–H groups in total. The van der Waals surface area contributed by atoms with Crippen LogP contribution in [0, 0.1) is 5.41 Å². The SMILES string of the molecule is COCCC1(CNC(=NCc2ccccc2)N(C)C)CCCC1. The van der Waals surface area contributed by atoms with E-state index in [-0.39, 0.29) is 0 Å². The van der Waals surface area contributed by atoms with Gasteiger partial charge in [-0.25, -0.2) is 4.99 Å². The molecule has 0 radical (unpaired) electrons. The highest BCUT2D eigenvalue weighted by Gasteiger charge is 2.33. The summed E-state index contributed by atoms with van der Waals surface area (Å²) in [5.74, 6) is 0.970. The summed E-state index contributed by atoms with van der Waals surface area (Å²) in [6.07, 6.45) is 6.40. The highest BCUT2D eigenvalue weighted by molar-refractivity contribution is 5.79. The van der Waals surface area contributed by atoms with Gasteiger partial charge in [-0.05, 0) is 30.2 Å². The molecule has 0 unspecified atom stereocenters. The van der Waals surface area contributed by atoms with Gasteiger partial charge >= 0.3 is 0 Å². The Bertz CT molecular complexity index is 479. The third kappa shape index (κ3) is 5.54. The van der Waals surface area contributed by atoms with E-state index in [1.54, 1.807) is 7.11 Å². The zero-order valence-electron chi connectivity index (χ0n) is 14.8. The number of nitrogens with one attached hydrogen (secondary N) is 1. The van der Waals surface area contributed by atoms with Gasteiger partial charge in [0, 0.05) is 34.4 Å². The molecule has 4 heteroatoms. The summed E-state index contributed by atoms with van der Waals surface area (Å²) in [5.41, 5.74) is 1.61. The van der Waals surface area contributed by atoms with Crippen molar-refractivity contribution in [2.75, 3.05) is 34.4 Å². The lowest BCUT2D eigenvalue weighted by Gasteiger charge is -2.31. The number of ether oxygens (including phenoxy) is 1. The quantitative estimate of drug-likeness (QED) is 0.619. The van der Waals surface area contributed by atoms with E-state index in [1.807, 2.05) is 20.2 Å². The predicted octanol–water partition coefficient (Wildman–Crippen LogP) is 3.29. The molecule has 1 aromatic carbocycles. The molecule has 0 heterocycles. The number of hydrogen-bond donors (Lipinski definition) is 1. The summed E-state index contributed by atoms with van der Waals surface area (Å²) in [5, 5.41) is 3.60. The Morgan fingerprint density at radius 1 is 1.22 bits per heavy atom. The molecule has 0 aromatic heterocycles. The number of nitrogens with zero attached hydrogens (tertiary/aromatic N) is 2. The average Bonchev–Trinajstić information content (AvgIpc) is 3.03. The molecular weight excluding hydrogens is 286 g/mol. The van der Waals surface area contributed by atoms with E-state index >= 15 is 0 Å². The summed E-state index contributed by atoms with van der Waals surface area (Å²) in [6.45, 7) is 2.55. The van der Waals surface area contributed by atoms with E-state index in [0.29, 0.717) is 12.0 Å². The Morgan fingerprint density at radius 2 is 1.91 bits per heavy atom. The van der Waals surface area contributed by atoms with Crippen LogP contribution in [0.2, 0.25) is 0 Å². The molecule has 0 spiro atoms. The molecule has 1 aromatic rings. The van der Waals surface area contributed by atoms with Crippen LogP contribution in [0.3, 0.4) is 0 Å². The van der Waals surface area contributed by atoms with Gasteiger partial charge in [0.15, 0.2) is 5.96 Å². The number of aliphatic imine (C=N–C) groups is 1. The zero-order valence-corrected chi connectivity index (χ0v) is 14.8. The van der Waals surface area contributed by atoms with E-state index in [2.05, 4.69) is 34.5 Å². The van der Waals surface area contributed by atoms with Gasteiger partial charge < -0.3 is 15.0 Å². The second-order valence-electron chi connectivity index (χ2n) is 6.82. The monoisotopic (exact) mass is 317 g/mol. The fourth-order valence-electron chi connectivity index (χ4n) is 3.33. The lowest BCUT2D eigenvalue weighted by Crippen LogP contribution is -2.42. The van der Waals surface area contributed by atoms with E-state index < -0.39 is 0 Å². The largest absolute Gasteiger partial charge is 0.385 e. The van der Waals surface area contributed by atoms with Gasteiger partial charge in [0.1, 0.15) is 0 Å². The highest BCUT2D eigenvalue weighted by atomic mass is 16.5. The Kier molecular flexibility index (Phi) is 6.90. The van der Waals surface area contributed by atoms with Crippen molar-refractivity contribution in [1.82, 2.24) is 10.2 Å². The van der Waals surface area contributed by atoms with Gasteiger partial charge in [0.05, 0.1) is 6.54 Å². The molecule has 1 aliphatic carbocycles. The van der Waals surface area contributed by atoms with Gasteiger partial charge in [-0.2, -0.15) is 0 Å². The first kappa shape index (κ1) is 17.8. The minimum Gasteiger partial charge on any atom is -0.385 e. The second kappa shape index (κ2) is 8.92. The van der Waals surface area contributed by atoms with E-state index in [1.165, 1.54) is 31.2 Å². The Hall–Kier alpha value is -1.55. The molecular formula is C19H31N3O. The van der Waals surface area contributed by atoms with Crippen molar-refractivity contribution in [3.8, 4) is 0 Å². The molecule has 0 amide bonds. The predicted molar refractivity (Wildman–Crippen MR) is 96.7 cm³/mol. The van der Waals surface area contributed by atoms with Crippen LogP contribution in [0.25, 0.3) is 0 Å². The van der Waals surface area contributed by atoms with Crippen LogP contribution in [0.15, 0.2) is 35.3 Å². The van der Waals surface area contributed by atoms with Crippen LogP contribution in [-0.4, -0.2) is 45.2 Å². The van der Waals surface area contributed by atoms with Crippen LogP contribution < -0.4 is 5.32 Å². The first-order chi connectivity index (χ1) is 11.2. The fraction of sp³-hybridized carbons (Fsp3) is 0.632. The first-order valence-corrected chi connectivity index (χ1v) is 8.64. The van der Waals surface area contributed by atoms with Crippen molar-refractivity contribution in [3.05, 3.63) is 35.9 Å². The Labute approximate surface area is 140 Å². The van der Waals surface area contributed by atoms with Crippen molar-refractivity contribution in [1.29, 1.82) is 0 Å². The third-order valence-corrected chi connectivity index (χ3v) is 4.80. The summed E-state index contributed by atoms with van der Waals surface area (Å²) in [6, 6.07) is 10.4. The molecule has 128 valence electrons. The van der Waals surface area contributed by atoms with Crippen molar-refractivity contribution >= 4 is 5.96 Å². The van der Waals surface area contributed by atoms with Crippen LogP contribution in [0.1, 0.15) is 37.7 Å². The molecule has 0 aliphatic heterocycles. The van der Waals surface area contributed by atoms with Gasteiger partial charge in [-0.1, -0.05) is 43.2 Å². The van der Waals surface area contributed by atoms with E-state index in [0.717, 1.165) is 25.5 Å². The Balaban J connectivity index is 1.95. The molecule has 23 heavy (non-hydrogen) atoms. The van der Waals surface area contributed by atoms with E-state index in [9.17, 15) is 0 Å². The summed E-state index contributed by atoms with van der Waals surface area (Å²) < 4.78 is 5.32. The normalized spacial score (nSPS) is 17.3. The first-order valence-electron chi connectivity index (χ1n) is 8.64. The molecule has 1 fully saturated rings. The van der Waals surface area contributed by atoms with Crippen molar-refractivity contribution in [2.24, 2.45) is 10.4 Å². The van der Waals surface area contributed by atoms with Gasteiger partial charge in [-0.15, -0.1) is 0 Å². The number of rotatable bonds is 7. The zero-order chi connectivity index (χ0) is 16.5. The lowest BCUT2D eigenvalue weighted by atomic mass is 9.83. The third-order valence-electron chi connectivity index (χ3n) is 4.80. The maximum atomic E-state index is 5.32. The summed E-state index contributed by atoms with van der Waals surface area (Å²) >= 11 is 0. The molecule has 0 saturated heterocycles. The topological polar surface area (TPSA) is 36.9 Å². The number of hydrogen-bond acceptors (Lipinski definition) is 2. The van der Waals surface area contributed by atoms with Gasteiger partial charge in [0.2, 0.25) is 0 Å². The molecule has 0 bridgehead atoms. The molecule has 1 aliphatic rings. The van der Waals surface area contributed by atoms with Crippen LogP contribution in [0.5, 0.6) is 0 Å². The number of benzene rings is 1. The van der Waals surface area contributed by atoms with Crippen molar-refractivity contribution in [3.63, 3.8) is 0 Å². The molecule has 4 nitrogen and oxygen atoms in total. The van der Waals surface area contributed by atoms with Crippen LogP contribution in [0.4, 0.5) is 0 Å². The summed E-state index contributed by atoms with van der Waals surface area (Å²) in [4.78, 5) is 6.84. The average molecular weight is 317 g/mol. The van der Waals surface area contributed by atoms with Crippen LogP contribution in [-0.2, 0) is 11.3 Å². The highest BCUT2D eigenvalue weighted by Crippen LogP contribution is 2.40. The second-order valence-corrected chi connectivity index (χ2v) is 6.82. The molecule has 0 atom stereocenters. The number of guanidine groups is 1. The maximum Gasteiger partial charge on any atom is 0.193 e. The fourth-order valence-corrected chi connectivity index (χ4v) is 3.33. The lowest BCUT2D eigenvalue weighted by molar-refractivity contribution is 0.138. The summed E-state index contributed by atoms with van der Waals surface area (Å²) in [7, 11) is 5.89. The number of methoxy groups -OCH3 is 1. The van der Waals surface area contributed by atoms with Gasteiger partial charge in [0.25, 0.3) is 0 Å². The van der Waals surface area contributed by atoms with Crippen molar-refractivity contribution < 1.29 is 4.74 Å². The van der Waals surface area contributed by atoms with Gasteiger partial charge in [-0.3, -0.25) is 0 Å². The maximum absolute atomic E-state index is 5.32. The smallest absolute Gasteiger partial charge is 0.193 e. The Morgan fingerprint density at radius 3 is 2.52 bits per heavy atom. The van der Waals surface area contributed by atoms with E-state index in [4.69, 9.17) is 9.73 Å². The van der Waals surface area contributed by atoms with Crippen molar-refractivity contribution in [2.45, 2.75) is 38.6 Å². The van der Waals surface area contributed by atoms with Crippen LogP contribution >= 0.6 is 0 Å². The molecule has 1 saturated carbocycles. The standard InChI is InChI=1S/C19H31N3O/c1-22(2)18(20-15-17-9-5-4-6-10-17)21-16-19(13-14-23-3)11-7-8-12-19/h4-6,9-10H,7-8,11-16H2,1-3H3,(H,20,21).